The van der Waals surface area contributed by atoms with E-state index < -0.39 is 0 Å². The summed E-state index contributed by atoms with van der Waals surface area (Å²) in [4.78, 5) is 15.7. The molecule has 0 atom stereocenters. The standard InChI is InChI=1S/C51H31N5/c1-2-14-34(15-3-1)49-52-50(38-23-22-32-12-4-5-16-35(32)28-38)54-51(53-49)56-46-30-37-18-7-6-17-36(37)29-44(46)42-27-25-39(31-47(42)56)55-45-21-11-10-20-41(45)43-26-24-33-13-8-9-19-40(33)48(43)55/h1-31H. The molecule has 5 nitrogen and oxygen atoms in total. The Balaban J connectivity index is 1.19. The molecule has 9 aromatic carbocycles. The minimum atomic E-state index is 0.571. The molecule has 12 rings (SSSR count). The molecule has 0 bridgehead atoms. The second-order valence-corrected chi connectivity index (χ2v) is 14.5. The first-order valence-electron chi connectivity index (χ1n) is 18.9. The molecule has 0 unspecified atom stereocenters. The minimum absolute atomic E-state index is 0.571. The normalized spacial score (nSPS) is 11.9. The van der Waals surface area contributed by atoms with E-state index in [1.54, 1.807) is 0 Å². The van der Waals surface area contributed by atoms with Crippen molar-refractivity contribution < 1.29 is 0 Å². The maximum Gasteiger partial charge on any atom is 0.238 e. The largest absolute Gasteiger partial charge is 0.309 e. The van der Waals surface area contributed by atoms with Crippen LogP contribution in [0.2, 0.25) is 0 Å². The van der Waals surface area contributed by atoms with E-state index in [4.69, 9.17) is 15.0 Å². The van der Waals surface area contributed by atoms with E-state index in [0.717, 1.165) is 54.9 Å². The second kappa shape index (κ2) is 11.9. The highest BCUT2D eigenvalue weighted by atomic mass is 15.2. The van der Waals surface area contributed by atoms with Crippen molar-refractivity contribution in [3.05, 3.63) is 188 Å². The van der Waals surface area contributed by atoms with Crippen LogP contribution in [0, 0.1) is 0 Å². The SMILES string of the molecule is c1ccc(-c2nc(-c3ccc4ccccc4c3)nc(-n3c4cc(-n5c6ccccc6c6ccc7ccccc7c65)ccc4c4cc5ccccc5cc43)n2)cc1. The average molecular weight is 714 g/mol. The van der Waals surface area contributed by atoms with Gasteiger partial charge >= 0.3 is 0 Å². The van der Waals surface area contributed by atoms with E-state index in [9.17, 15) is 0 Å². The third-order valence-corrected chi connectivity index (χ3v) is 11.3. The molecule has 56 heavy (non-hydrogen) atoms. The van der Waals surface area contributed by atoms with Crippen molar-refractivity contribution >= 4 is 75.9 Å². The zero-order chi connectivity index (χ0) is 36.7. The van der Waals surface area contributed by atoms with Crippen molar-refractivity contribution in [1.29, 1.82) is 0 Å². The van der Waals surface area contributed by atoms with Crippen LogP contribution >= 0.6 is 0 Å². The number of benzene rings is 9. The number of para-hydroxylation sites is 1. The van der Waals surface area contributed by atoms with E-state index in [1.165, 1.54) is 37.8 Å². The fraction of sp³-hybridized carbons (Fsp3) is 0. The van der Waals surface area contributed by atoms with Crippen molar-refractivity contribution in [2.24, 2.45) is 0 Å². The number of fused-ring (bicyclic) bond motifs is 10. The molecule has 3 heterocycles. The summed E-state index contributed by atoms with van der Waals surface area (Å²) >= 11 is 0. The third-order valence-electron chi connectivity index (χ3n) is 11.3. The molecule has 0 saturated carbocycles. The van der Waals surface area contributed by atoms with Crippen LogP contribution in [-0.4, -0.2) is 24.1 Å². The van der Waals surface area contributed by atoms with Gasteiger partial charge in [-0.25, -0.2) is 4.98 Å². The molecule has 0 spiro atoms. The number of rotatable bonds is 4. The van der Waals surface area contributed by atoms with Gasteiger partial charge in [-0.05, 0) is 63.3 Å². The highest BCUT2D eigenvalue weighted by Crippen LogP contribution is 2.40. The summed E-state index contributed by atoms with van der Waals surface area (Å²) in [5.74, 6) is 1.82. The van der Waals surface area contributed by atoms with Crippen molar-refractivity contribution in [2.45, 2.75) is 0 Å². The van der Waals surface area contributed by atoms with Crippen molar-refractivity contribution in [2.75, 3.05) is 0 Å². The first-order chi connectivity index (χ1) is 27.7. The van der Waals surface area contributed by atoms with Gasteiger partial charge in [0.05, 0.1) is 22.1 Å². The molecule has 0 aliphatic carbocycles. The number of hydrogen-bond donors (Lipinski definition) is 0. The Kier molecular flexibility index (Phi) is 6.56. The Bertz CT molecular complexity index is 3540. The van der Waals surface area contributed by atoms with Crippen LogP contribution in [0.3, 0.4) is 0 Å². The Morgan fingerprint density at radius 3 is 1.71 bits per heavy atom. The fourth-order valence-electron chi connectivity index (χ4n) is 8.68. The van der Waals surface area contributed by atoms with Crippen LogP contribution in [0.4, 0.5) is 0 Å². The Morgan fingerprint density at radius 1 is 0.304 bits per heavy atom. The molecule has 260 valence electrons. The van der Waals surface area contributed by atoms with Crippen LogP contribution in [0.15, 0.2) is 188 Å². The summed E-state index contributed by atoms with van der Waals surface area (Å²) < 4.78 is 4.67. The zero-order valence-corrected chi connectivity index (χ0v) is 30.1. The predicted octanol–water partition coefficient (Wildman–Crippen LogP) is 12.9. The van der Waals surface area contributed by atoms with Crippen molar-refractivity contribution in [3.63, 3.8) is 0 Å². The first kappa shape index (κ1) is 30.8. The lowest BCUT2D eigenvalue weighted by molar-refractivity contribution is 0.953. The molecular weight excluding hydrogens is 683 g/mol. The molecule has 0 aliphatic rings. The van der Waals surface area contributed by atoms with Gasteiger partial charge in [-0.1, -0.05) is 152 Å². The van der Waals surface area contributed by atoms with E-state index in [2.05, 4.69) is 179 Å². The Labute approximate surface area is 321 Å². The molecule has 0 N–H and O–H groups in total. The van der Waals surface area contributed by atoms with Crippen LogP contribution < -0.4 is 0 Å². The molecule has 12 aromatic rings. The lowest BCUT2D eigenvalue weighted by atomic mass is 10.1. The van der Waals surface area contributed by atoms with Gasteiger partial charge < -0.3 is 4.57 Å². The van der Waals surface area contributed by atoms with Gasteiger partial charge in [0.25, 0.3) is 0 Å². The van der Waals surface area contributed by atoms with E-state index in [0.29, 0.717) is 17.6 Å². The maximum atomic E-state index is 5.33. The van der Waals surface area contributed by atoms with Crippen molar-refractivity contribution in [1.82, 2.24) is 24.1 Å². The van der Waals surface area contributed by atoms with Gasteiger partial charge in [0.15, 0.2) is 11.6 Å². The third kappa shape index (κ3) is 4.64. The van der Waals surface area contributed by atoms with Gasteiger partial charge in [0, 0.05) is 43.7 Å². The summed E-state index contributed by atoms with van der Waals surface area (Å²) in [5.41, 5.74) is 7.36. The van der Waals surface area contributed by atoms with Gasteiger partial charge in [-0.2, -0.15) is 9.97 Å². The van der Waals surface area contributed by atoms with E-state index >= 15 is 0 Å². The van der Waals surface area contributed by atoms with Crippen LogP contribution in [0.1, 0.15) is 0 Å². The van der Waals surface area contributed by atoms with Crippen molar-refractivity contribution in [3.8, 4) is 34.4 Å². The molecule has 3 aromatic heterocycles. The molecule has 0 radical (unpaired) electrons. The van der Waals surface area contributed by atoms with Crippen LogP contribution in [-0.2, 0) is 0 Å². The predicted molar refractivity (Wildman–Crippen MR) is 232 cm³/mol. The maximum absolute atomic E-state index is 5.33. The average Bonchev–Trinajstić information content (AvgIpc) is 3.77. The molecule has 0 saturated heterocycles. The van der Waals surface area contributed by atoms with E-state index in [-0.39, 0.29) is 0 Å². The Hall–Kier alpha value is -7.63. The molecule has 5 heteroatoms. The second-order valence-electron chi connectivity index (χ2n) is 14.5. The smallest absolute Gasteiger partial charge is 0.238 e. The quantitative estimate of drug-likeness (QED) is 0.182. The van der Waals surface area contributed by atoms with Crippen LogP contribution in [0.5, 0.6) is 0 Å². The molecule has 0 fully saturated rings. The Morgan fingerprint density at radius 2 is 0.893 bits per heavy atom. The number of nitrogens with zero attached hydrogens (tertiary/aromatic N) is 5. The number of hydrogen-bond acceptors (Lipinski definition) is 3. The monoisotopic (exact) mass is 713 g/mol. The lowest BCUT2D eigenvalue weighted by Crippen LogP contribution is -2.06. The van der Waals surface area contributed by atoms with Gasteiger partial charge in [-0.15, -0.1) is 0 Å². The highest BCUT2D eigenvalue weighted by molar-refractivity contribution is 6.19. The summed E-state index contributed by atoms with van der Waals surface area (Å²) in [5, 5.41) is 11.8. The molecular formula is C51H31N5. The number of aromatic nitrogens is 5. The summed E-state index contributed by atoms with van der Waals surface area (Å²) in [7, 11) is 0. The summed E-state index contributed by atoms with van der Waals surface area (Å²) in [6, 6.07) is 66.9. The first-order valence-corrected chi connectivity index (χ1v) is 18.9. The highest BCUT2D eigenvalue weighted by Gasteiger charge is 2.21. The minimum Gasteiger partial charge on any atom is -0.309 e. The summed E-state index contributed by atoms with van der Waals surface area (Å²) in [6.07, 6.45) is 0. The zero-order valence-electron chi connectivity index (χ0n) is 30.1. The van der Waals surface area contributed by atoms with Gasteiger partial charge in [0.1, 0.15) is 0 Å². The van der Waals surface area contributed by atoms with E-state index in [1.807, 2.05) is 18.2 Å². The summed E-state index contributed by atoms with van der Waals surface area (Å²) in [6.45, 7) is 0. The molecule has 0 amide bonds. The topological polar surface area (TPSA) is 48.5 Å². The van der Waals surface area contributed by atoms with Gasteiger partial charge in [-0.3, -0.25) is 4.57 Å². The van der Waals surface area contributed by atoms with Gasteiger partial charge in [0.2, 0.25) is 5.95 Å². The van der Waals surface area contributed by atoms with Crippen LogP contribution in [0.25, 0.3) is 110 Å². The fourth-order valence-corrected chi connectivity index (χ4v) is 8.68. The lowest BCUT2D eigenvalue weighted by Gasteiger charge is -2.13. The molecule has 0 aliphatic heterocycles.